The van der Waals surface area contributed by atoms with Crippen LogP contribution in [0.2, 0.25) is 0 Å². The highest BCUT2D eigenvalue weighted by Crippen LogP contribution is 2.25. The first-order valence-corrected chi connectivity index (χ1v) is 7.87. The Hall–Kier alpha value is -1.48. The molecule has 1 aromatic rings. The van der Waals surface area contributed by atoms with E-state index in [1.165, 1.54) is 6.42 Å². The zero-order valence-corrected chi connectivity index (χ0v) is 13.7. The zero-order chi connectivity index (χ0) is 15.5. The summed E-state index contributed by atoms with van der Waals surface area (Å²) in [7, 11) is 0. The normalized spacial score (nSPS) is 10.7. The first-order chi connectivity index (χ1) is 10.2. The lowest BCUT2D eigenvalue weighted by Crippen LogP contribution is -2.23. The molecule has 0 saturated heterocycles. The summed E-state index contributed by atoms with van der Waals surface area (Å²) in [6.07, 6.45) is 3.88. The van der Waals surface area contributed by atoms with Gasteiger partial charge in [0.25, 0.3) is 0 Å². The van der Waals surface area contributed by atoms with E-state index in [-0.39, 0.29) is 0 Å². The van der Waals surface area contributed by atoms with E-state index in [4.69, 9.17) is 9.47 Å². The van der Waals surface area contributed by atoms with Crippen molar-refractivity contribution in [1.29, 1.82) is 0 Å². The number of allylic oxidation sites excluding steroid dienone is 1. The minimum atomic E-state index is 0.674. The monoisotopic (exact) mass is 291 g/mol. The Bertz CT molecular complexity index is 416. The van der Waals surface area contributed by atoms with Crippen LogP contribution in [0.5, 0.6) is 11.5 Å². The molecule has 0 spiro atoms. The van der Waals surface area contributed by atoms with Crippen LogP contribution in [0.3, 0.4) is 0 Å². The zero-order valence-electron chi connectivity index (χ0n) is 13.7. The smallest absolute Gasteiger partial charge is 0.123 e. The van der Waals surface area contributed by atoms with Crippen LogP contribution in [0.25, 0.3) is 0 Å². The predicted molar refractivity (Wildman–Crippen MR) is 89.3 cm³/mol. The van der Waals surface area contributed by atoms with Gasteiger partial charge in [0.2, 0.25) is 0 Å². The standard InChI is InChI=1S/C18H29NO2/c1-5-7-16-14-17(20-6-2)8-9-18(16)21-13-12-19-11-10-15(3)4/h5,8-9,14-15,19H,1,6-7,10-13H2,2-4H3. The average molecular weight is 291 g/mol. The maximum absolute atomic E-state index is 5.86. The molecule has 0 radical (unpaired) electrons. The van der Waals surface area contributed by atoms with E-state index in [9.17, 15) is 0 Å². The van der Waals surface area contributed by atoms with E-state index < -0.39 is 0 Å². The molecular weight excluding hydrogens is 262 g/mol. The molecule has 0 amide bonds. The fourth-order valence-corrected chi connectivity index (χ4v) is 2.02. The van der Waals surface area contributed by atoms with Crippen molar-refractivity contribution >= 4 is 0 Å². The van der Waals surface area contributed by atoms with Gasteiger partial charge < -0.3 is 14.8 Å². The number of benzene rings is 1. The molecule has 21 heavy (non-hydrogen) atoms. The Kier molecular flexibility index (Phi) is 8.60. The second-order valence-corrected chi connectivity index (χ2v) is 5.48. The van der Waals surface area contributed by atoms with Gasteiger partial charge in [0, 0.05) is 12.1 Å². The minimum absolute atomic E-state index is 0.674. The molecule has 3 heteroatoms. The fraction of sp³-hybridized carbons (Fsp3) is 0.556. The first kappa shape index (κ1) is 17.6. The summed E-state index contributed by atoms with van der Waals surface area (Å²) in [4.78, 5) is 0. The SMILES string of the molecule is C=CCc1cc(OCC)ccc1OCCNCCC(C)C. The van der Waals surface area contributed by atoms with E-state index in [0.717, 1.165) is 42.5 Å². The Morgan fingerprint density at radius 3 is 2.71 bits per heavy atom. The number of nitrogens with one attached hydrogen (secondary N) is 1. The molecule has 0 atom stereocenters. The van der Waals surface area contributed by atoms with Gasteiger partial charge in [-0.15, -0.1) is 6.58 Å². The first-order valence-electron chi connectivity index (χ1n) is 7.87. The Morgan fingerprint density at radius 1 is 1.24 bits per heavy atom. The number of hydrogen-bond acceptors (Lipinski definition) is 3. The predicted octanol–water partition coefficient (Wildman–Crippen LogP) is 3.83. The van der Waals surface area contributed by atoms with Crippen molar-refractivity contribution in [3.05, 3.63) is 36.4 Å². The summed E-state index contributed by atoms with van der Waals surface area (Å²) >= 11 is 0. The highest BCUT2D eigenvalue weighted by molar-refractivity contribution is 5.41. The molecule has 0 unspecified atom stereocenters. The molecule has 0 bridgehead atoms. The lowest BCUT2D eigenvalue weighted by atomic mass is 10.1. The molecule has 0 aliphatic rings. The summed E-state index contributed by atoms with van der Waals surface area (Å²) in [5.74, 6) is 2.55. The quantitative estimate of drug-likeness (QED) is 0.496. The van der Waals surface area contributed by atoms with Gasteiger partial charge >= 0.3 is 0 Å². The molecule has 1 rings (SSSR count). The fourth-order valence-electron chi connectivity index (χ4n) is 2.02. The van der Waals surface area contributed by atoms with Crippen LogP contribution >= 0.6 is 0 Å². The van der Waals surface area contributed by atoms with Gasteiger partial charge in [0.15, 0.2) is 0 Å². The van der Waals surface area contributed by atoms with Crippen LogP contribution in [-0.2, 0) is 6.42 Å². The molecule has 0 aliphatic heterocycles. The third-order valence-corrected chi connectivity index (χ3v) is 3.14. The number of hydrogen-bond donors (Lipinski definition) is 1. The molecule has 1 N–H and O–H groups in total. The van der Waals surface area contributed by atoms with E-state index >= 15 is 0 Å². The van der Waals surface area contributed by atoms with Crippen LogP contribution in [0.4, 0.5) is 0 Å². The maximum Gasteiger partial charge on any atom is 0.123 e. The van der Waals surface area contributed by atoms with Gasteiger partial charge in [-0.25, -0.2) is 0 Å². The molecule has 118 valence electrons. The van der Waals surface area contributed by atoms with Crippen LogP contribution in [0.15, 0.2) is 30.9 Å². The number of ether oxygens (including phenoxy) is 2. The van der Waals surface area contributed by atoms with Crippen molar-refractivity contribution in [3.8, 4) is 11.5 Å². The van der Waals surface area contributed by atoms with Crippen LogP contribution in [0.1, 0.15) is 32.8 Å². The van der Waals surface area contributed by atoms with Crippen molar-refractivity contribution in [3.63, 3.8) is 0 Å². The Morgan fingerprint density at radius 2 is 2.05 bits per heavy atom. The van der Waals surface area contributed by atoms with Crippen molar-refractivity contribution in [2.75, 3.05) is 26.3 Å². The van der Waals surface area contributed by atoms with Crippen molar-refractivity contribution in [1.82, 2.24) is 5.32 Å². The summed E-state index contributed by atoms with van der Waals surface area (Å²) in [6.45, 7) is 13.5. The number of rotatable bonds is 11. The van der Waals surface area contributed by atoms with Gasteiger partial charge in [0.1, 0.15) is 18.1 Å². The molecular formula is C18H29NO2. The van der Waals surface area contributed by atoms with E-state index in [0.29, 0.717) is 13.2 Å². The van der Waals surface area contributed by atoms with E-state index in [1.807, 2.05) is 31.2 Å². The lowest BCUT2D eigenvalue weighted by molar-refractivity contribution is 0.307. The van der Waals surface area contributed by atoms with E-state index in [1.54, 1.807) is 0 Å². The minimum Gasteiger partial charge on any atom is -0.494 e. The highest BCUT2D eigenvalue weighted by atomic mass is 16.5. The Labute approximate surface area is 129 Å². The maximum atomic E-state index is 5.86. The van der Waals surface area contributed by atoms with Gasteiger partial charge in [-0.05, 0) is 50.4 Å². The molecule has 1 aromatic carbocycles. The van der Waals surface area contributed by atoms with Gasteiger partial charge in [-0.3, -0.25) is 0 Å². The van der Waals surface area contributed by atoms with Crippen molar-refractivity contribution in [2.45, 2.75) is 33.6 Å². The molecule has 0 heterocycles. The molecule has 0 saturated carbocycles. The summed E-state index contributed by atoms with van der Waals surface area (Å²) in [5.41, 5.74) is 1.12. The largest absolute Gasteiger partial charge is 0.494 e. The summed E-state index contributed by atoms with van der Waals surface area (Å²) in [6, 6.07) is 5.97. The summed E-state index contributed by atoms with van der Waals surface area (Å²) < 4.78 is 11.4. The van der Waals surface area contributed by atoms with Crippen molar-refractivity contribution < 1.29 is 9.47 Å². The molecule has 0 fully saturated rings. The van der Waals surface area contributed by atoms with Crippen LogP contribution in [0, 0.1) is 5.92 Å². The van der Waals surface area contributed by atoms with Gasteiger partial charge in [0.05, 0.1) is 6.61 Å². The molecule has 3 nitrogen and oxygen atoms in total. The van der Waals surface area contributed by atoms with Gasteiger partial charge in [-0.2, -0.15) is 0 Å². The Balaban J connectivity index is 2.44. The third kappa shape index (κ3) is 7.19. The van der Waals surface area contributed by atoms with Crippen molar-refractivity contribution in [2.24, 2.45) is 5.92 Å². The lowest BCUT2D eigenvalue weighted by Gasteiger charge is -2.13. The molecule has 0 aromatic heterocycles. The summed E-state index contributed by atoms with van der Waals surface area (Å²) in [5, 5.41) is 3.40. The van der Waals surface area contributed by atoms with E-state index in [2.05, 4.69) is 25.7 Å². The highest BCUT2D eigenvalue weighted by Gasteiger charge is 2.05. The second-order valence-electron chi connectivity index (χ2n) is 5.48. The van der Waals surface area contributed by atoms with Crippen LogP contribution in [-0.4, -0.2) is 26.3 Å². The topological polar surface area (TPSA) is 30.5 Å². The average Bonchev–Trinajstić information content (AvgIpc) is 2.45. The van der Waals surface area contributed by atoms with Crippen LogP contribution < -0.4 is 14.8 Å². The second kappa shape index (κ2) is 10.3. The third-order valence-electron chi connectivity index (χ3n) is 3.14. The molecule has 0 aliphatic carbocycles. The van der Waals surface area contributed by atoms with Gasteiger partial charge in [-0.1, -0.05) is 19.9 Å².